The van der Waals surface area contributed by atoms with E-state index in [0.29, 0.717) is 11.3 Å². The summed E-state index contributed by atoms with van der Waals surface area (Å²) < 4.78 is 0. The maximum absolute atomic E-state index is 9.57. The van der Waals surface area contributed by atoms with Crippen molar-refractivity contribution in [2.45, 2.75) is 13.1 Å². The molecule has 0 saturated heterocycles. The first-order chi connectivity index (χ1) is 11.7. The van der Waals surface area contributed by atoms with Gasteiger partial charge in [0.1, 0.15) is 18.2 Å². The largest absolute Gasteiger partial charge is 0.308 e. The van der Waals surface area contributed by atoms with Crippen LogP contribution in [0.5, 0.6) is 0 Å². The molecule has 0 spiro atoms. The number of hydrogen-bond acceptors (Lipinski definition) is 6. The van der Waals surface area contributed by atoms with Crippen molar-refractivity contribution in [1.82, 2.24) is 0 Å². The molecular weight excluding hydrogens is 318 g/mol. The van der Waals surface area contributed by atoms with Gasteiger partial charge >= 0.3 is 0 Å². The summed E-state index contributed by atoms with van der Waals surface area (Å²) in [5.41, 5.74) is 8.89. The topological polar surface area (TPSA) is 89.2 Å². The number of hydrogen-bond donors (Lipinski definition) is 1. The molecule has 0 radical (unpaired) electrons. The molecule has 0 bridgehead atoms. The van der Waals surface area contributed by atoms with E-state index in [0.717, 1.165) is 16.1 Å². The molecule has 5 nitrogen and oxygen atoms in total. The van der Waals surface area contributed by atoms with Crippen molar-refractivity contribution in [2.75, 3.05) is 5.01 Å². The van der Waals surface area contributed by atoms with Crippen LogP contribution in [0.1, 0.15) is 10.4 Å². The first kappa shape index (κ1) is 15.9. The number of nitrogens with zero attached hydrogens (tertiary/aromatic N) is 4. The Kier molecular flexibility index (Phi) is 4.43. The van der Waals surface area contributed by atoms with Crippen LogP contribution in [0.25, 0.3) is 6.08 Å². The fraction of sp³-hybridized carbons (Fsp3) is 0.167. The third-order valence-electron chi connectivity index (χ3n) is 3.87. The number of anilines is 1. The van der Waals surface area contributed by atoms with Crippen LogP contribution in [0, 0.1) is 35.5 Å². The minimum atomic E-state index is -0.656. The van der Waals surface area contributed by atoms with Crippen molar-refractivity contribution in [3.8, 4) is 12.1 Å². The quantitative estimate of drug-likeness (QED) is 0.873. The van der Waals surface area contributed by atoms with E-state index in [1.54, 1.807) is 22.4 Å². The summed E-state index contributed by atoms with van der Waals surface area (Å²) in [6, 6.07) is 15.8. The Morgan fingerprint density at radius 1 is 1.29 bits per heavy atom. The minimum Gasteiger partial charge on any atom is -0.308 e. The molecule has 2 atom stereocenters. The van der Waals surface area contributed by atoms with E-state index in [1.807, 2.05) is 48.7 Å². The molecule has 24 heavy (non-hydrogen) atoms. The van der Waals surface area contributed by atoms with Gasteiger partial charge in [-0.1, -0.05) is 18.2 Å². The van der Waals surface area contributed by atoms with Crippen molar-refractivity contribution in [1.29, 1.82) is 10.5 Å². The fourth-order valence-electron chi connectivity index (χ4n) is 2.54. The SMILES string of the molecule is Cc1ccsc1/C=C(/C#N)C1=NN(c2ccccc2)[C@@H](N)[C@H]1C#N. The van der Waals surface area contributed by atoms with Gasteiger partial charge in [0.15, 0.2) is 0 Å². The Labute approximate surface area is 144 Å². The molecule has 118 valence electrons. The van der Waals surface area contributed by atoms with Crippen LogP contribution in [0.15, 0.2) is 52.5 Å². The van der Waals surface area contributed by atoms with E-state index >= 15 is 0 Å². The molecule has 1 aromatic heterocycles. The van der Waals surface area contributed by atoms with Crippen LogP contribution in [0.2, 0.25) is 0 Å². The highest BCUT2D eigenvalue weighted by atomic mass is 32.1. The van der Waals surface area contributed by atoms with Crippen molar-refractivity contribution >= 4 is 28.8 Å². The lowest BCUT2D eigenvalue weighted by atomic mass is 9.96. The van der Waals surface area contributed by atoms with E-state index in [4.69, 9.17) is 5.73 Å². The zero-order chi connectivity index (χ0) is 17.1. The van der Waals surface area contributed by atoms with Gasteiger partial charge in [0, 0.05) is 4.88 Å². The maximum atomic E-state index is 9.57. The third-order valence-corrected chi connectivity index (χ3v) is 4.83. The average Bonchev–Trinajstić information content (AvgIpc) is 3.16. The van der Waals surface area contributed by atoms with Crippen LogP contribution in [0.4, 0.5) is 5.69 Å². The van der Waals surface area contributed by atoms with Gasteiger partial charge < -0.3 is 5.73 Å². The highest BCUT2D eigenvalue weighted by molar-refractivity contribution is 7.11. The van der Waals surface area contributed by atoms with Gasteiger partial charge in [-0.05, 0) is 42.1 Å². The molecule has 2 aromatic rings. The number of aryl methyl sites for hydroxylation is 1. The second-order valence-electron chi connectivity index (χ2n) is 5.40. The second kappa shape index (κ2) is 6.67. The van der Waals surface area contributed by atoms with E-state index in [1.165, 1.54) is 0 Å². The maximum Gasteiger partial charge on any atom is 0.127 e. The molecule has 1 aromatic carbocycles. The highest BCUT2D eigenvalue weighted by Crippen LogP contribution is 2.29. The fourth-order valence-corrected chi connectivity index (χ4v) is 3.40. The first-order valence-electron chi connectivity index (χ1n) is 7.40. The van der Waals surface area contributed by atoms with E-state index in [9.17, 15) is 10.5 Å². The molecule has 1 aliphatic heterocycles. The lowest BCUT2D eigenvalue weighted by Gasteiger charge is -2.21. The Hall–Kier alpha value is -2.93. The molecule has 0 fully saturated rings. The van der Waals surface area contributed by atoms with Crippen molar-refractivity contribution in [2.24, 2.45) is 16.8 Å². The molecule has 0 saturated carbocycles. The summed E-state index contributed by atoms with van der Waals surface area (Å²) in [5, 5.41) is 27.2. The molecule has 0 aliphatic carbocycles. The Bertz CT molecular complexity index is 882. The van der Waals surface area contributed by atoms with Gasteiger partial charge in [-0.2, -0.15) is 15.6 Å². The number of para-hydroxylation sites is 1. The molecule has 6 heteroatoms. The predicted molar refractivity (Wildman–Crippen MR) is 96.1 cm³/mol. The number of rotatable bonds is 3. The zero-order valence-corrected chi connectivity index (χ0v) is 13.9. The average molecular weight is 333 g/mol. The summed E-state index contributed by atoms with van der Waals surface area (Å²) in [6.07, 6.45) is 1.17. The number of nitriles is 2. The summed E-state index contributed by atoms with van der Waals surface area (Å²) in [5.74, 6) is -0.656. The van der Waals surface area contributed by atoms with Gasteiger partial charge in [0.2, 0.25) is 0 Å². The van der Waals surface area contributed by atoms with E-state index < -0.39 is 12.1 Å². The van der Waals surface area contributed by atoms with Crippen LogP contribution in [0.3, 0.4) is 0 Å². The Morgan fingerprint density at radius 3 is 2.62 bits per heavy atom. The smallest absolute Gasteiger partial charge is 0.127 e. The summed E-state index contributed by atoms with van der Waals surface area (Å²) in [4.78, 5) is 0.984. The number of benzene rings is 1. The monoisotopic (exact) mass is 333 g/mol. The lowest BCUT2D eigenvalue weighted by molar-refractivity contribution is 0.624. The van der Waals surface area contributed by atoms with Crippen LogP contribution in [-0.2, 0) is 0 Å². The first-order valence-corrected chi connectivity index (χ1v) is 8.28. The summed E-state index contributed by atoms with van der Waals surface area (Å²) in [7, 11) is 0. The van der Waals surface area contributed by atoms with Crippen LogP contribution in [-0.4, -0.2) is 11.9 Å². The molecule has 3 rings (SSSR count). The Balaban J connectivity index is 2.04. The number of hydrazone groups is 1. The predicted octanol–water partition coefficient (Wildman–Crippen LogP) is 3.26. The molecule has 0 amide bonds. The van der Waals surface area contributed by atoms with E-state index in [-0.39, 0.29) is 0 Å². The molecular formula is C18H15N5S. The van der Waals surface area contributed by atoms with Gasteiger partial charge in [0.25, 0.3) is 0 Å². The summed E-state index contributed by atoms with van der Waals surface area (Å²) >= 11 is 1.55. The van der Waals surface area contributed by atoms with Crippen LogP contribution < -0.4 is 10.7 Å². The normalized spacial score (nSPS) is 20.4. The number of allylic oxidation sites excluding steroid dienone is 1. The minimum absolute atomic E-state index is 0.376. The standard InChI is InChI=1S/C18H15N5S/c1-12-7-8-24-16(12)9-13(10-19)17-15(11-20)18(21)23(22-17)14-5-3-2-4-6-14/h2-9,15,18H,21H2,1H3/b13-9-/t15-,18+/m0/s1. The number of thiophene rings is 1. The highest BCUT2D eigenvalue weighted by Gasteiger charge is 2.37. The molecule has 2 N–H and O–H groups in total. The third kappa shape index (κ3) is 2.81. The van der Waals surface area contributed by atoms with Gasteiger partial charge in [0.05, 0.1) is 23.0 Å². The zero-order valence-electron chi connectivity index (χ0n) is 13.0. The van der Waals surface area contributed by atoms with Gasteiger partial charge in [-0.3, -0.25) is 0 Å². The number of nitrogens with two attached hydrogens (primary N) is 1. The van der Waals surface area contributed by atoms with Crippen LogP contribution >= 0.6 is 11.3 Å². The Morgan fingerprint density at radius 2 is 2.04 bits per heavy atom. The second-order valence-corrected chi connectivity index (χ2v) is 6.35. The molecule has 2 heterocycles. The molecule has 0 unspecified atom stereocenters. The molecule has 1 aliphatic rings. The van der Waals surface area contributed by atoms with Gasteiger partial charge in [-0.15, -0.1) is 11.3 Å². The van der Waals surface area contributed by atoms with Crippen molar-refractivity contribution < 1.29 is 0 Å². The lowest BCUT2D eigenvalue weighted by Crippen LogP contribution is -2.40. The summed E-state index contributed by atoms with van der Waals surface area (Å²) in [6.45, 7) is 1.98. The van der Waals surface area contributed by atoms with Crippen molar-refractivity contribution in [3.63, 3.8) is 0 Å². The van der Waals surface area contributed by atoms with E-state index in [2.05, 4.69) is 17.2 Å². The van der Waals surface area contributed by atoms with Crippen molar-refractivity contribution in [3.05, 3.63) is 57.8 Å². The van der Waals surface area contributed by atoms with Gasteiger partial charge in [-0.25, -0.2) is 5.01 Å².